The van der Waals surface area contributed by atoms with Crippen molar-refractivity contribution < 1.29 is 0 Å². The fourth-order valence-electron chi connectivity index (χ4n) is 0.922. The molecular weight excluding hydrogens is 148 g/mol. The number of rotatable bonds is 5. The molecule has 0 aliphatic carbocycles. The molecule has 0 aromatic carbocycles. The summed E-state index contributed by atoms with van der Waals surface area (Å²) in [6.07, 6.45) is 1.21. The summed E-state index contributed by atoms with van der Waals surface area (Å²) in [5.41, 5.74) is 0.238. The van der Waals surface area contributed by atoms with Gasteiger partial charge in [-0.15, -0.1) is 0 Å². The third-order valence-corrected chi connectivity index (χ3v) is 1.68. The molecule has 0 heterocycles. The van der Waals surface area contributed by atoms with E-state index in [0.29, 0.717) is 6.04 Å². The van der Waals surface area contributed by atoms with Gasteiger partial charge in [0.15, 0.2) is 0 Å². The first-order valence-electron chi connectivity index (χ1n) is 4.94. The molecule has 0 aromatic heterocycles. The number of hydrogen-bond donors (Lipinski definition) is 2. The van der Waals surface area contributed by atoms with Crippen LogP contribution in [-0.4, -0.2) is 24.7 Å². The van der Waals surface area contributed by atoms with E-state index in [0.717, 1.165) is 13.1 Å². The van der Waals surface area contributed by atoms with Gasteiger partial charge >= 0.3 is 0 Å². The fourth-order valence-corrected chi connectivity index (χ4v) is 0.922. The van der Waals surface area contributed by atoms with Gasteiger partial charge in [0.05, 0.1) is 0 Å². The van der Waals surface area contributed by atoms with Gasteiger partial charge in [-0.25, -0.2) is 0 Å². The molecular formula is C10H24N2. The lowest BCUT2D eigenvalue weighted by molar-refractivity contribution is 0.388. The van der Waals surface area contributed by atoms with E-state index in [9.17, 15) is 0 Å². The van der Waals surface area contributed by atoms with Gasteiger partial charge in [-0.2, -0.15) is 0 Å². The summed E-state index contributed by atoms with van der Waals surface area (Å²) in [4.78, 5) is 0. The second-order valence-electron chi connectivity index (χ2n) is 4.49. The van der Waals surface area contributed by atoms with Gasteiger partial charge in [-0.05, 0) is 40.7 Å². The zero-order chi connectivity index (χ0) is 9.61. The van der Waals surface area contributed by atoms with Gasteiger partial charge < -0.3 is 10.6 Å². The van der Waals surface area contributed by atoms with Gasteiger partial charge in [0.25, 0.3) is 0 Å². The highest BCUT2D eigenvalue weighted by molar-refractivity contribution is 4.73. The van der Waals surface area contributed by atoms with Gasteiger partial charge in [0.2, 0.25) is 0 Å². The molecule has 2 nitrogen and oxygen atoms in total. The van der Waals surface area contributed by atoms with Crippen molar-refractivity contribution in [2.24, 2.45) is 0 Å². The van der Waals surface area contributed by atoms with Gasteiger partial charge in [-0.1, -0.05) is 6.92 Å². The summed E-state index contributed by atoms with van der Waals surface area (Å²) in [5.74, 6) is 0. The van der Waals surface area contributed by atoms with Crippen molar-refractivity contribution in [1.29, 1.82) is 0 Å². The summed E-state index contributed by atoms with van der Waals surface area (Å²) >= 11 is 0. The van der Waals surface area contributed by atoms with Crippen LogP contribution >= 0.6 is 0 Å². The van der Waals surface area contributed by atoms with Crippen molar-refractivity contribution in [3.63, 3.8) is 0 Å². The Hall–Kier alpha value is -0.0800. The van der Waals surface area contributed by atoms with Crippen LogP contribution in [0.25, 0.3) is 0 Å². The minimum atomic E-state index is 0.238. The quantitative estimate of drug-likeness (QED) is 0.660. The Morgan fingerprint density at radius 3 is 2.25 bits per heavy atom. The SMILES string of the molecule is CCCNC(C)CNC(C)(C)C. The van der Waals surface area contributed by atoms with E-state index in [-0.39, 0.29) is 5.54 Å². The smallest absolute Gasteiger partial charge is 0.0164 e. The van der Waals surface area contributed by atoms with Crippen LogP contribution in [0.4, 0.5) is 0 Å². The van der Waals surface area contributed by atoms with E-state index < -0.39 is 0 Å². The molecule has 0 amide bonds. The second-order valence-corrected chi connectivity index (χ2v) is 4.49. The highest BCUT2D eigenvalue weighted by Gasteiger charge is 2.09. The van der Waals surface area contributed by atoms with Crippen LogP contribution in [0.5, 0.6) is 0 Å². The highest BCUT2D eigenvalue weighted by atomic mass is 15.0. The Morgan fingerprint density at radius 2 is 1.83 bits per heavy atom. The van der Waals surface area contributed by atoms with Gasteiger partial charge in [-0.3, -0.25) is 0 Å². The first kappa shape index (κ1) is 11.9. The lowest BCUT2D eigenvalue weighted by Gasteiger charge is -2.23. The third-order valence-electron chi connectivity index (χ3n) is 1.68. The molecule has 0 aromatic rings. The Labute approximate surface area is 77.1 Å². The van der Waals surface area contributed by atoms with Crippen molar-refractivity contribution in [2.45, 2.75) is 52.6 Å². The Balaban J connectivity index is 3.37. The maximum absolute atomic E-state index is 3.47. The molecule has 0 radical (unpaired) electrons. The summed E-state index contributed by atoms with van der Waals surface area (Å²) in [6, 6.07) is 0.573. The molecule has 0 fully saturated rings. The molecule has 0 aliphatic heterocycles. The number of nitrogens with one attached hydrogen (secondary N) is 2. The van der Waals surface area contributed by atoms with E-state index in [1.54, 1.807) is 0 Å². The predicted molar refractivity (Wildman–Crippen MR) is 55.5 cm³/mol. The van der Waals surface area contributed by atoms with Crippen molar-refractivity contribution in [1.82, 2.24) is 10.6 Å². The van der Waals surface area contributed by atoms with Crippen LogP contribution in [0, 0.1) is 0 Å². The van der Waals surface area contributed by atoms with Crippen molar-refractivity contribution in [2.75, 3.05) is 13.1 Å². The average Bonchev–Trinajstić information content (AvgIpc) is 1.95. The highest BCUT2D eigenvalue weighted by Crippen LogP contribution is 1.97. The topological polar surface area (TPSA) is 24.1 Å². The van der Waals surface area contributed by atoms with E-state index in [4.69, 9.17) is 0 Å². The molecule has 0 saturated carbocycles. The normalized spacial score (nSPS) is 14.8. The molecule has 0 saturated heterocycles. The third kappa shape index (κ3) is 8.02. The van der Waals surface area contributed by atoms with Crippen molar-refractivity contribution in [3.8, 4) is 0 Å². The summed E-state index contributed by atoms with van der Waals surface area (Å²) in [7, 11) is 0. The van der Waals surface area contributed by atoms with Gasteiger partial charge in [0.1, 0.15) is 0 Å². The summed E-state index contributed by atoms with van der Waals surface area (Å²) in [6.45, 7) is 13.2. The zero-order valence-electron chi connectivity index (χ0n) is 9.20. The molecule has 74 valence electrons. The van der Waals surface area contributed by atoms with Crippen LogP contribution in [-0.2, 0) is 0 Å². The van der Waals surface area contributed by atoms with Crippen LogP contribution < -0.4 is 10.6 Å². The molecule has 0 aliphatic rings. The first-order chi connectivity index (χ1) is 5.45. The molecule has 0 bridgehead atoms. The first-order valence-corrected chi connectivity index (χ1v) is 4.94. The minimum absolute atomic E-state index is 0.238. The van der Waals surface area contributed by atoms with E-state index >= 15 is 0 Å². The van der Waals surface area contributed by atoms with Crippen molar-refractivity contribution in [3.05, 3.63) is 0 Å². The lowest BCUT2D eigenvalue weighted by Crippen LogP contribution is -2.44. The molecule has 1 atom stereocenters. The van der Waals surface area contributed by atoms with Crippen LogP contribution in [0.2, 0.25) is 0 Å². The Morgan fingerprint density at radius 1 is 1.25 bits per heavy atom. The maximum atomic E-state index is 3.47. The summed E-state index contributed by atoms with van der Waals surface area (Å²) in [5, 5.41) is 6.91. The van der Waals surface area contributed by atoms with E-state index in [1.165, 1.54) is 6.42 Å². The maximum Gasteiger partial charge on any atom is 0.0164 e. The Kier molecular flexibility index (Phi) is 5.51. The molecule has 12 heavy (non-hydrogen) atoms. The molecule has 2 heteroatoms. The molecule has 0 spiro atoms. The van der Waals surface area contributed by atoms with Crippen LogP contribution in [0.15, 0.2) is 0 Å². The zero-order valence-corrected chi connectivity index (χ0v) is 9.20. The predicted octanol–water partition coefficient (Wildman–Crippen LogP) is 1.76. The Bertz CT molecular complexity index is 105. The summed E-state index contributed by atoms with van der Waals surface area (Å²) < 4.78 is 0. The monoisotopic (exact) mass is 172 g/mol. The average molecular weight is 172 g/mol. The fraction of sp³-hybridized carbons (Fsp3) is 1.00. The van der Waals surface area contributed by atoms with Crippen LogP contribution in [0.1, 0.15) is 41.0 Å². The number of hydrogen-bond acceptors (Lipinski definition) is 2. The van der Waals surface area contributed by atoms with Gasteiger partial charge in [0, 0.05) is 18.1 Å². The van der Waals surface area contributed by atoms with E-state index in [2.05, 4.69) is 45.3 Å². The molecule has 1 unspecified atom stereocenters. The molecule has 0 rings (SSSR count). The lowest BCUT2D eigenvalue weighted by atomic mass is 10.1. The second kappa shape index (κ2) is 5.55. The van der Waals surface area contributed by atoms with Crippen LogP contribution in [0.3, 0.4) is 0 Å². The largest absolute Gasteiger partial charge is 0.313 e. The minimum Gasteiger partial charge on any atom is -0.313 e. The van der Waals surface area contributed by atoms with Crippen molar-refractivity contribution >= 4 is 0 Å². The standard InChI is InChI=1S/C10H24N2/c1-6-7-11-9(2)8-12-10(3,4)5/h9,11-12H,6-8H2,1-5H3. The van der Waals surface area contributed by atoms with E-state index in [1.807, 2.05) is 0 Å². The molecule has 2 N–H and O–H groups in total.